The first kappa shape index (κ1) is 15.9. The Hall–Kier alpha value is -1.43. The molecule has 2 aromatic carbocycles. The molecule has 0 aliphatic rings. The molecule has 0 saturated heterocycles. The van der Waals surface area contributed by atoms with Gasteiger partial charge in [-0.15, -0.1) is 0 Å². The average molecular weight is 384 g/mol. The molecule has 0 fully saturated rings. The van der Waals surface area contributed by atoms with E-state index in [0.717, 1.165) is 11.1 Å². The van der Waals surface area contributed by atoms with Crippen LogP contribution in [-0.4, -0.2) is 10.9 Å². The number of benzene rings is 2. The standard InChI is InChI=1S/C15H12BrClN2OS/c16-12-6-2-5-11(13(12)17)15(20)19-8-9-3-1-4-10(7-9)14(18)21/h1-7H,8H2,(H2,18,21)(H,19,20). The van der Waals surface area contributed by atoms with E-state index in [1.165, 1.54) is 0 Å². The minimum absolute atomic E-state index is 0.234. The first-order valence-electron chi connectivity index (χ1n) is 6.10. The van der Waals surface area contributed by atoms with Crippen LogP contribution in [0.25, 0.3) is 0 Å². The smallest absolute Gasteiger partial charge is 0.253 e. The third-order valence-corrected chi connectivity index (χ3v) is 4.39. The maximum absolute atomic E-state index is 12.1. The molecule has 1 amide bonds. The van der Waals surface area contributed by atoms with E-state index < -0.39 is 0 Å². The number of halogens is 2. The van der Waals surface area contributed by atoms with Crippen LogP contribution in [0.2, 0.25) is 5.02 Å². The SMILES string of the molecule is NC(=S)c1cccc(CNC(=O)c2cccc(Br)c2Cl)c1. The first-order chi connectivity index (χ1) is 9.99. The van der Waals surface area contributed by atoms with Crippen molar-refractivity contribution in [3.63, 3.8) is 0 Å². The Kier molecular flexibility index (Phi) is 5.33. The molecule has 0 aromatic heterocycles. The Morgan fingerprint density at radius 1 is 1.29 bits per heavy atom. The quantitative estimate of drug-likeness (QED) is 0.792. The van der Waals surface area contributed by atoms with Gasteiger partial charge in [0.15, 0.2) is 0 Å². The Morgan fingerprint density at radius 2 is 2.00 bits per heavy atom. The zero-order valence-electron chi connectivity index (χ0n) is 10.9. The van der Waals surface area contributed by atoms with Gasteiger partial charge < -0.3 is 11.1 Å². The molecule has 0 spiro atoms. The van der Waals surface area contributed by atoms with E-state index >= 15 is 0 Å². The number of carbonyl (C=O) groups excluding carboxylic acids is 1. The molecule has 0 saturated carbocycles. The number of hydrogen-bond donors (Lipinski definition) is 2. The highest BCUT2D eigenvalue weighted by Crippen LogP contribution is 2.25. The molecule has 0 aliphatic heterocycles. The van der Waals surface area contributed by atoms with E-state index in [1.54, 1.807) is 18.2 Å². The fraction of sp³-hybridized carbons (Fsp3) is 0.0667. The molecule has 3 N–H and O–H groups in total. The summed E-state index contributed by atoms with van der Waals surface area (Å²) >= 11 is 14.3. The Balaban J connectivity index is 2.09. The monoisotopic (exact) mass is 382 g/mol. The van der Waals surface area contributed by atoms with Crippen molar-refractivity contribution in [1.82, 2.24) is 5.32 Å². The first-order valence-corrected chi connectivity index (χ1v) is 7.68. The second kappa shape index (κ2) is 7.02. The zero-order chi connectivity index (χ0) is 15.4. The van der Waals surface area contributed by atoms with Gasteiger partial charge in [0.05, 0.1) is 10.6 Å². The zero-order valence-corrected chi connectivity index (χ0v) is 14.1. The van der Waals surface area contributed by atoms with Crippen molar-refractivity contribution in [2.45, 2.75) is 6.54 Å². The summed E-state index contributed by atoms with van der Waals surface area (Å²) in [4.78, 5) is 12.5. The lowest BCUT2D eigenvalue weighted by Crippen LogP contribution is -2.23. The number of rotatable bonds is 4. The van der Waals surface area contributed by atoms with Gasteiger partial charge in [0.25, 0.3) is 5.91 Å². The summed E-state index contributed by atoms with van der Waals surface area (Å²) in [6.45, 7) is 0.373. The summed E-state index contributed by atoms with van der Waals surface area (Å²) in [7, 11) is 0. The molecule has 0 bridgehead atoms. The largest absolute Gasteiger partial charge is 0.389 e. The number of hydrogen-bond acceptors (Lipinski definition) is 2. The van der Waals surface area contributed by atoms with Crippen molar-refractivity contribution in [3.05, 3.63) is 68.7 Å². The summed E-state index contributed by atoms with van der Waals surface area (Å²) < 4.78 is 0.687. The molecule has 6 heteroatoms. The van der Waals surface area contributed by atoms with Gasteiger partial charge in [0, 0.05) is 16.6 Å². The van der Waals surface area contributed by atoms with E-state index in [2.05, 4.69) is 21.2 Å². The van der Waals surface area contributed by atoms with Crippen LogP contribution >= 0.6 is 39.7 Å². The number of nitrogens with one attached hydrogen (secondary N) is 1. The lowest BCUT2D eigenvalue weighted by atomic mass is 10.1. The second-order valence-corrected chi connectivity index (χ2v) is 6.02. The lowest BCUT2D eigenvalue weighted by Gasteiger charge is -2.08. The Labute approximate surface area is 141 Å². The number of amides is 1. The molecule has 108 valence electrons. The molecular formula is C15H12BrClN2OS. The lowest BCUT2D eigenvalue weighted by molar-refractivity contribution is 0.0951. The normalized spacial score (nSPS) is 10.2. The summed E-state index contributed by atoms with van der Waals surface area (Å²) in [5, 5.41) is 3.22. The van der Waals surface area contributed by atoms with Crippen LogP contribution < -0.4 is 11.1 Å². The van der Waals surface area contributed by atoms with Crippen molar-refractivity contribution in [1.29, 1.82) is 0 Å². The van der Waals surface area contributed by atoms with Crippen LogP contribution in [-0.2, 0) is 6.54 Å². The van der Waals surface area contributed by atoms with E-state index in [1.807, 2.05) is 24.3 Å². The molecule has 0 radical (unpaired) electrons. The molecule has 0 unspecified atom stereocenters. The van der Waals surface area contributed by atoms with E-state index in [4.69, 9.17) is 29.6 Å². The fourth-order valence-corrected chi connectivity index (χ4v) is 2.50. The van der Waals surface area contributed by atoms with Gasteiger partial charge in [-0.1, -0.05) is 48.1 Å². The van der Waals surface area contributed by atoms with Crippen LogP contribution in [0, 0.1) is 0 Å². The van der Waals surface area contributed by atoms with Crippen LogP contribution in [0.3, 0.4) is 0 Å². The number of nitrogens with two attached hydrogens (primary N) is 1. The molecular weight excluding hydrogens is 372 g/mol. The van der Waals surface area contributed by atoms with E-state index in [-0.39, 0.29) is 5.91 Å². The van der Waals surface area contributed by atoms with Gasteiger partial charge in [-0.05, 0) is 39.7 Å². The molecule has 0 aliphatic carbocycles. The van der Waals surface area contributed by atoms with Gasteiger partial charge in [-0.2, -0.15) is 0 Å². The Morgan fingerprint density at radius 3 is 2.71 bits per heavy atom. The van der Waals surface area contributed by atoms with Crippen LogP contribution in [0.1, 0.15) is 21.5 Å². The van der Waals surface area contributed by atoms with Crippen LogP contribution in [0.4, 0.5) is 0 Å². The summed E-state index contributed by atoms with van der Waals surface area (Å²) in [6.07, 6.45) is 0. The second-order valence-electron chi connectivity index (χ2n) is 4.35. The minimum atomic E-state index is -0.234. The summed E-state index contributed by atoms with van der Waals surface area (Å²) in [5.74, 6) is -0.234. The molecule has 2 aromatic rings. The molecule has 21 heavy (non-hydrogen) atoms. The average Bonchev–Trinajstić information content (AvgIpc) is 2.48. The molecule has 2 rings (SSSR count). The third-order valence-electron chi connectivity index (χ3n) is 2.86. The number of carbonyl (C=O) groups is 1. The van der Waals surface area contributed by atoms with Crippen molar-refractivity contribution in [2.75, 3.05) is 0 Å². The van der Waals surface area contributed by atoms with Crippen molar-refractivity contribution in [2.24, 2.45) is 5.73 Å². The maximum atomic E-state index is 12.1. The van der Waals surface area contributed by atoms with Crippen molar-refractivity contribution >= 4 is 50.6 Å². The minimum Gasteiger partial charge on any atom is -0.389 e. The highest BCUT2D eigenvalue weighted by Gasteiger charge is 2.12. The molecule has 3 nitrogen and oxygen atoms in total. The van der Waals surface area contributed by atoms with Crippen molar-refractivity contribution < 1.29 is 4.79 Å². The predicted molar refractivity (Wildman–Crippen MR) is 92.7 cm³/mol. The summed E-state index contributed by atoms with van der Waals surface area (Å²) in [5.41, 5.74) is 7.71. The van der Waals surface area contributed by atoms with E-state index in [9.17, 15) is 4.79 Å². The predicted octanol–water partition coefficient (Wildman–Crippen LogP) is 3.67. The highest BCUT2D eigenvalue weighted by molar-refractivity contribution is 9.10. The maximum Gasteiger partial charge on any atom is 0.253 e. The van der Waals surface area contributed by atoms with Gasteiger partial charge in [-0.3, -0.25) is 4.79 Å². The van der Waals surface area contributed by atoms with Crippen LogP contribution in [0.15, 0.2) is 46.9 Å². The fourth-order valence-electron chi connectivity index (χ4n) is 1.79. The molecule has 0 heterocycles. The third kappa shape index (κ3) is 4.03. The Bertz CT molecular complexity index is 706. The van der Waals surface area contributed by atoms with Gasteiger partial charge in [0.2, 0.25) is 0 Å². The molecule has 0 atom stereocenters. The van der Waals surface area contributed by atoms with Gasteiger partial charge in [-0.25, -0.2) is 0 Å². The van der Waals surface area contributed by atoms with E-state index in [0.29, 0.717) is 26.6 Å². The van der Waals surface area contributed by atoms with Gasteiger partial charge in [0.1, 0.15) is 4.99 Å². The van der Waals surface area contributed by atoms with Crippen LogP contribution in [0.5, 0.6) is 0 Å². The summed E-state index contributed by atoms with van der Waals surface area (Å²) in [6, 6.07) is 12.6. The number of thiocarbonyl (C=S) groups is 1. The topological polar surface area (TPSA) is 55.1 Å². The van der Waals surface area contributed by atoms with Gasteiger partial charge >= 0.3 is 0 Å². The highest BCUT2D eigenvalue weighted by atomic mass is 79.9. The van der Waals surface area contributed by atoms with Crippen molar-refractivity contribution in [3.8, 4) is 0 Å².